The molecule has 1 fully saturated rings. The molecule has 0 saturated heterocycles. The molecule has 0 unspecified atom stereocenters. The smallest absolute Gasteiger partial charge is 0.273 e. The lowest BCUT2D eigenvalue weighted by Gasteiger charge is -2.17. The molecule has 0 aliphatic heterocycles. The summed E-state index contributed by atoms with van der Waals surface area (Å²) in [7, 11) is 1.57. The van der Waals surface area contributed by atoms with E-state index in [1.807, 2.05) is 0 Å². The zero-order chi connectivity index (χ0) is 13.9. The van der Waals surface area contributed by atoms with Crippen LogP contribution in [0.4, 0.5) is 0 Å². The summed E-state index contributed by atoms with van der Waals surface area (Å²) in [6, 6.07) is 1.63. The average Bonchev–Trinajstić information content (AvgIpc) is 2.93. The van der Waals surface area contributed by atoms with E-state index in [-0.39, 0.29) is 5.91 Å². The van der Waals surface area contributed by atoms with Gasteiger partial charge in [0.2, 0.25) is 0 Å². The molecule has 5 heteroatoms. The third kappa shape index (κ3) is 3.80. The standard InChI is InChI=1S/C14H22N2O3/c1-10(2)7-14(4-5-14)9-15-13(17)12-6-11(8-18-3)19-16-12/h6,10H,4-5,7-9H2,1-3H3,(H,15,17). The lowest BCUT2D eigenvalue weighted by molar-refractivity contribution is 0.0932. The van der Waals surface area contributed by atoms with Crippen LogP contribution in [-0.4, -0.2) is 24.7 Å². The molecule has 1 N–H and O–H groups in total. The van der Waals surface area contributed by atoms with Gasteiger partial charge in [-0.15, -0.1) is 0 Å². The van der Waals surface area contributed by atoms with Gasteiger partial charge in [0.1, 0.15) is 6.61 Å². The molecule has 0 atom stereocenters. The zero-order valence-corrected chi connectivity index (χ0v) is 11.9. The Morgan fingerprint density at radius 1 is 1.58 bits per heavy atom. The Morgan fingerprint density at radius 3 is 2.89 bits per heavy atom. The molecular formula is C14H22N2O3. The molecule has 1 aromatic rings. The predicted octanol–water partition coefficient (Wildman–Crippen LogP) is 2.38. The molecule has 0 aromatic carbocycles. The number of aromatic nitrogens is 1. The number of carbonyl (C=O) groups excluding carboxylic acids is 1. The van der Waals surface area contributed by atoms with E-state index in [4.69, 9.17) is 9.26 Å². The van der Waals surface area contributed by atoms with Crippen molar-refractivity contribution in [1.82, 2.24) is 10.5 Å². The number of nitrogens with zero attached hydrogens (tertiary/aromatic N) is 1. The van der Waals surface area contributed by atoms with E-state index >= 15 is 0 Å². The van der Waals surface area contributed by atoms with Crippen LogP contribution in [0, 0.1) is 11.3 Å². The summed E-state index contributed by atoms with van der Waals surface area (Å²) in [6.07, 6.45) is 3.58. The van der Waals surface area contributed by atoms with Gasteiger partial charge in [-0.1, -0.05) is 19.0 Å². The van der Waals surface area contributed by atoms with Gasteiger partial charge >= 0.3 is 0 Å². The lowest BCUT2D eigenvalue weighted by Crippen LogP contribution is -2.31. The molecule has 106 valence electrons. The summed E-state index contributed by atoms with van der Waals surface area (Å²) < 4.78 is 9.93. The largest absolute Gasteiger partial charge is 0.377 e. The van der Waals surface area contributed by atoms with Crippen LogP contribution in [0.2, 0.25) is 0 Å². The minimum atomic E-state index is -0.166. The van der Waals surface area contributed by atoms with Gasteiger partial charge in [-0.05, 0) is 30.6 Å². The van der Waals surface area contributed by atoms with Crippen LogP contribution in [0.3, 0.4) is 0 Å². The van der Waals surface area contributed by atoms with Crippen molar-refractivity contribution in [3.05, 3.63) is 17.5 Å². The highest BCUT2D eigenvalue weighted by atomic mass is 16.5. The number of ether oxygens (including phenoxy) is 1. The molecule has 0 radical (unpaired) electrons. The number of hydrogen-bond acceptors (Lipinski definition) is 4. The molecule has 1 heterocycles. The molecule has 5 nitrogen and oxygen atoms in total. The highest BCUT2D eigenvalue weighted by molar-refractivity contribution is 5.92. The van der Waals surface area contributed by atoms with Crippen molar-refractivity contribution in [2.45, 2.75) is 39.7 Å². The van der Waals surface area contributed by atoms with Crippen LogP contribution in [0.15, 0.2) is 10.6 Å². The maximum Gasteiger partial charge on any atom is 0.273 e. The van der Waals surface area contributed by atoms with Gasteiger partial charge in [0.25, 0.3) is 5.91 Å². The van der Waals surface area contributed by atoms with Gasteiger partial charge in [0.15, 0.2) is 11.5 Å². The normalized spacial score (nSPS) is 16.6. The zero-order valence-electron chi connectivity index (χ0n) is 11.9. The third-order valence-corrected chi connectivity index (χ3v) is 3.50. The van der Waals surface area contributed by atoms with Crippen LogP contribution < -0.4 is 5.32 Å². The first kappa shape index (κ1) is 14.1. The maximum absolute atomic E-state index is 11.9. The van der Waals surface area contributed by atoms with Crippen molar-refractivity contribution in [3.63, 3.8) is 0 Å². The minimum absolute atomic E-state index is 0.166. The fraction of sp³-hybridized carbons (Fsp3) is 0.714. The molecular weight excluding hydrogens is 244 g/mol. The van der Waals surface area contributed by atoms with Crippen LogP contribution in [0.1, 0.15) is 49.4 Å². The van der Waals surface area contributed by atoms with Crippen molar-refractivity contribution < 1.29 is 14.1 Å². The Balaban J connectivity index is 1.84. The second-order valence-electron chi connectivity index (χ2n) is 5.89. The Kier molecular flexibility index (Phi) is 4.24. The minimum Gasteiger partial charge on any atom is -0.377 e. The number of nitrogens with one attached hydrogen (secondary N) is 1. The lowest BCUT2D eigenvalue weighted by atomic mass is 9.94. The van der Waals surface area contributed by atoms with Gasteiger partial charge in [0.05, 0.1) is 0 Å². The second-order valence-corrected chi connectivity index (χ2v) is 5.89. The third-order valence-electron chi connectivity index (χ3n) is 3.50. The molecule has 1 aliphatic carbocycles. The Morgan fingerprint density at radius 2 is 2.32 bits per heavy atom. The number of rotatable bonds is 7. The highest BCUT2D eigenvalue weighted by Gasteiger charge is 2.42. The van der Waals surface area contributed by atoms with E-state index < -0.39 is 0 Å². The topological polar surface area (TPSA) is 64.4 Å². The quantitative estimate of drug-likeness (QED) is 0.823. The first-order valence-electron chi connectivity index (χ1n) is 6.77. The van der Waals surface area contributed by atoms with Crippen molar-refractivity contribution >= 4 is 5.91 Å². The van der Waals surface area contributed by atoms with Gasteiger partial charge in [-0.3, -0.25) is 4.79 Å². The highest BCUT2D eigenvalue weighted by Crippen LogP contribution is 2.50. The number of amides is 1. The average molecular weight is 266 g/mol. The van der Waals surface area contributed by atoms with Gasteiger partial charge in [0, 0.05) is 19.7 Å². The summed E-state index contributed by atoms with van der Waals surface area (Å²) in [5.41, 5.74) is 0.649. The Labute approximate surface area is 113 Å². The van der Waals surface area contributed by atoms with Crippen LogP contribution in [0.25, 0.3) is 0 Å². The predicted molar refractivity (Wildman–Crippen MR) is 70.7 cm³/mol. The van der Waals surface area contributed by atoms with Gasteiger partial charge < -0.3 is 14.6 Å². The molecule has 1 aromatic heterocycles. The van der Waals surface area contributed by atoms with Crippen molar-refractivity contribution in [2.75, 3.05) is 13.7 Å². The number of methoxy groups -OCH3 is 1. The molecule has 0 bridgehead atoms. The summed E-state index contributed by atoms with van der Waals surface area (Å²) in [5, 5.41) is 6.71. The Hall–Kier alpha value is -1.36. The molecule has 1 aliphatic rings. The second kappa shape index (κ2) is 5.74. The number of hydrogen-bond donors (Lipinski definition) is 1. The molecule has 19 heavy (non-hydrogen) atoms. The van der Waals surface area contributed by atoms with Crippen molar-refractivity contribution in [3.8, 4) is 0 Å². The van der Waals surface area contributed by atoms with E-state index in [2.05, 4.69) is 24.3 Å². The molecule has 0 spiro atoms. The first-order valence-corrected chi connectivity index (χ1v) is 6.77. The van der Waals surface area contributed by atoms with Gasteiger partial charge in [-0.25, -0.2) is 0 Å². The van der Waals surface area contributed by atoms with Gasteiger partial charge in [-0.2, -0.15) is 0 Å². The summed E-state index contributed by atoms with van der Waals surface area (Å²) >= 11 is 0. The van der Waals surface area contributed by atoms with Crippen molar-refractivity contribution in [2.24, 2.45) is 11.3 Å². The maximum atomic E-state index is 11.9. The van der Waals surface area contributed by atoms with E-state index in [0.717, 1.165) is 6.54 Å². The molecule has 1 amide bonds. The van der Waals surface area contributed by atoms with Crippen molar-refractivity contribution in [1.29, 1.82) is 0 Å². The monoisotopic (exact) mass is 266 g/mol. The fourth-order valence-electron chi connectivity index (χ4n) is 2.48. The SMILES string of the molecule is COCc1cc(C(=O)NCC2(CC(C)C)CC2)no1. The van der Waals surface area contributed by atoms with E-state index in [9.17, 15) is 4.79 Å². The summed E-state index contributed by atoms with van der Waals surface area (Å²) in [6.45, 7) is 5.50. The van der Waals surface area contributed by atoms with Crippen LogP contribution in [0.5, 0.6) is 0 Å². The Bertz CT molecular complexity index is 436. The molecule has 2 rings (SSSR count). The van der Waals surface area contributed by atoms with E-state index in [1.54, 1.807) is 13.2 Å². The molecule has 1 saturated carbocycles. The number of carbonyl (C=O) groups is 1. The first-order chi connectivity index (χ1) is 9.04. The summed E-state index contributed by atoms with van der Waals surface area (Å²) in [5.74, 6) is 1.07. The van der Waals surface area contributed by atoms with E-state index in [1.165, 1.54) is 19.3 Å². The van der Waals surface area contributed by atoms with Crippen LogP contribution in [-0.2, 0) is 11.3 Å². The summed E-state index contributed by atoms with van der Waals surface area (Å²) in [4.78, 5) is 11.9. The fourth-order valence-corrected chi connectivity index (χ4v) is 2.48. The van der Waals surface area contributed by atoms with Crippen LogP contribution >= 0.6 is 0 Å². The van der Waals surface area contributed by atoms with E-state index in [0.29, 0.717) is 29.4 Å².